The number of rotatable bonds is 1. The van der Waals surface area contributed by atoms with E-state index in [4.69, 9.17) is 23.8 Å². The predicted molar refractivity (Wildman–Crippen MR) is 57.7 cm³/mol. The molecule has 0 aliphatic rings. The van der Waals surface area contributed by atoms with Gasteiger partial charge in [0.2, 0.25) is 0 Å². The Morgan fingerprint density at radius 3 is 2.86 bits per heavy atom. The number of aromatic nitrogens is 2. The van der Waals surface area contributed by atoms with Gasteiger partial charge in [-0.05, 0) is 30.4 Å². The van der Waals surface area contributed by atoms with Gasteiger partial charge in [-0.2, -0.15) is 5.10 Å². The molecule has 0 fully saturated rings. The molecule has 0 spiro atoms. The van der Waals surface area contributed by atoms with Crippen LogP contribution in [0.25, 0.3) is 10.6 Å². The Hall–Kier alpha value is -0.780. The number of H-pyrrole nitrogens is 1. The molecule has 2 aromatic rings. The summed E-state index contributed by atoms with van der Waals surface area (Å²) >= 11 is 11.8. The van der Waals surface area contributed by atoms with Gasteiger partial charge in [-0.1, -0.05) is 22.9 Å². The molecule has 0 aliphatic heterocycles. The zero-order chi connectivity index (χ0) is 10.1. The highest BCUT2D eigenvalue weighted by molar-refractivity contribution is 7.73. The number of aromatic amines is 1. The van der Waals surface area contributed by atoms with Crippen LogP contribution in [0.2, 0.25) is 5.02 Å². The largest absolute Gasteiger partial charge is 0.258 e. The van der Waals surface area contributed by atoms with Gasteiger partial charge in [-0.25, -0.2) is 4.39 Å². The summed E-state index contributed by atoms with van der Waals surface area (Å²) in [6.45, 7) is 0. The van der Waals surface area contributed by atoms with Crippen molar-refractivity contribution in [2.45, 2.75) is 0 Å². The van der Waals surface area contributed by atoms with Gasteiger partial charge in [0.1, 0.15) is 10.8 Å². The first-order chi connectivity index (χ1) is 6.66. The Labute approximate surface area is 93.4 Å². The third kappa shape index (κ3) is 1.84. The van der Waals surface area contributed by atoms with Crippen molar-refractivity contribution in [1.82, 2.24) is 10.2 Å². The molecule has 0 amide bonds. The summed E-state index contributed by atoms with van der Waals surface area (Å²) in [6.07, 6.45) is 0. The van der Waals surface area contributed by atoms with Gasteiger partial charge in [-0.3, -0.25) is 5.10 Å². The van der Waals surface area contributed by atoms with Gasteiger partial charge in [0.15, 0.2) is 3.95 Å². The molecule has 1 aromatic heterocycles. The summed E-state index contributed by atoms with van der Waals surface area (Å²) in [5.41, 5.74) is 0.758. The molecule has 1 heterocycles. The molecule has 0 unspecified atom stereocenters. The summed E-state index contributed by atoms with van der Waals surface area (Å²) in [5, 5.41) is 7.40. The molecule has 2 rings (SSSR count). The molecule has 0 radical (unpaired) electrons. The monoisotopic (exact) mass is 246 g/mol. The second-order valence-corrected chi connectivity index (χ2v) is 4.62. The molecule has 2 nitrogen and oxygen atoms in total. The van der Waals surface area contributed by atoms with Crippen LogP contribution in [-0.4, -0.2) is 10.2 Å². The van der Waals surface area contributed by atoms with E-state index in [-0.39, 0.29) is 5.02 Å². The fraction of sp³-hybridized carbons (Fsp3) is 0. The summed E-state index contributed by atoms with van der Waals surface area (Å²) in [7, 11) is 0. The third-order valence-corrected chi connectivity index (χ3v) is 3.03. The highest BCUT2D eigenvalue weighted by Gasteiger charge is 2.05. The number of halogens is 2. The molecule has 14 heavy (non-hydrogen) atoms. The van der Waals surface area contributed by atoms with E-state index in [2.05, 4.69) is 10.2 Å². The first-order valence-electron chi connectivity index (χ1n) is 3.68. The molecule has 0 bridgehead atoms. The minimum absolute atomic E-state index is 0.0867. The topological polar surface area (TPSA) is 28.7 Å². The average molecular weight is 247 g/mol. The quantitative estimate of drug-likeness (QED) is 0.778. The fourth-order valence-corrected chi connectivity index (χ4v) is 2.05. The van der Waals surface area contributed by atoms with E-state index in [1.165, 1.54) is 23.5 Å². The van der Waals surface area contributed by atoms with Crippen LogP contribution >= 0.6 is 35.2 Å². The molecular weight excluding hydrogens is 243 g/mol. The van der Waals surface area contributed by atoms with Gasteiger partial charge in [0.25, 0.3) is 0 Å². The zero-order valence-electron chi connectivity index (χ0n) is 6.75. The van der Waals surface area contributed by atoms with E-state index in [1.807, 2.05) is 0 Å². The lowest BCUT2D eigenvalue weighted by Crippen LogP contribution is -1.80. The van der Waals surface area contributed by atoms with Crippen molar-refractivity contribution in [2.24, 2.45) is 0 Å². The van der Waals surface area contributed by atoms with Crippen LogP contribution in [0.15, 0.2) is 18.2 Å². The molecule has 1 aromatic carbocycles. The Morgan fingerprint density at radius 2 is 2.29 bits per heavy atom. The highest BCUT2D eigenvalue weighted by Crippen LogP contribution is 2.25. The van der Waals surface area contributed by atoms with Crippen molar-refractivity contribution in [3.05, 3.63) is 33.0 Å². The number of benzene rings is 1. The van der Waals surface area contributed by atoms with Crippen molar-refractivity contribution in [3.63, 3.8) is 0 Å². The van der Waals surface area contributed by atoms with Crippen molar-refractivity contribution in [2.75, 3.05) is 0 Å². The first kappa shape index (κ1) is 9.76. The number of hydrogen-bond acceptors (Lipinski definition) is 3. The Balaban J connectivity index is 2.52. The molecule has 72 valence electrons. The van der Waals surface area contributed by atoms with Crippen LogP contribution in [0.1, 0.15) is 0 Å². The normalized spacial score (nSPS) is 10.4. The van der Waals surface area contributed by atoms with E-state index in [0.29, 0.717) is 8.96 Å². The van der Waals surface area contributed by atoms with E-state index >= 15 is 0 Å². The lowest BCUT2D eigenvalue weighted by Gasteiger charge is -1.96. The lowest BCUT2D eigenvalue weighted by molar-refractivity contribution is 0.628. The summed E-state index contributed by atoms with van der Waals surface area (Å²) < 4.78 is 13.4. The van der Waals surface area contributed by atoms with Crippen molar-refractivity contribution in [3.8, 4) is 10.6 Å². The number of hydrogen-bond donors (Lipinski definition) is 1. The molecule has 0 aliphatic carbocycles. The number of nitrogens with one attached hydrogen (secondary N) is 1. The van der Waals surface area contributed by atoms with Crippen LogP contribution in [-0.2, 0) is 0 Å². The Morgan fingerprint density at radius 1 is 1.50 bits per heavy atom. The van der Waals surface area contributed by atoms with Gasteiger partial charge >= 0.3 is 0 Å². The maximum atomic E-state index is 12.8. The van der Waals surface area contributed by atoms with E-state index in [0.717, 1.165) is 5.56 Å². The summed E-state index contributed by atoms with van der Waals surface area (Å²) in [4.78, 5) is 0. The predicted octanol–water partition coefficient (Wildman–Crippen LogP) is 3.66. The standard InChI is InChI=1S/C8H4ClFN2S2/c9-5-3-4(1-2-6(5)10)7-11-12-8(13)14-7/h1-3H,(H,12,13). The average Bonchev–Trinajstić information content (AvgIpc) is 2.57. The summed E-state index contributed by atoms with van der Waals surface area (Å²) in [5.74, 6) is -0.436. The third-order valence-electron chi connectivity index (χ3n) is 1.60. The van der Waals surface area contributed by atoms with E-state index < -0.39 is 5.82 Å². The Kier molecular flexibility index (Phi) is 2.62. The molecule has 1 N–H and O–H groups in total. The smallest absolute Gasteiger partial charge is 0.176 e. The SMILES string of the molecule is Fc1ccc(-c2n[nH]c(=S)s2)cc1Cl. The minimum atomic E-state index is -0.436. The zero-order valence-corrected chi connectivity index (χ0v) is 9.14. The highest BCUT2D eigenvalue weighted by atomic mass is 35.5. The lowest BCUT2D eigenvalue weighted by atomic mass is 10.2. The fourth-order valence-electron chi connectivity index (χ4n) is 0.982. The molecular formula is C8H4ClFN2S2. The van der Waals surface area contributed by atoms with Gasteiger partial charge in [0.05, 0.1) is 5.02 Å². The van der Waals surface area contributed by atoms with Crippen molar-refractivity contribution >= 4 is 35.2 Å². The second-order valence-electron chi connectivity index (χ2n) is 2.55. The maximum absolute atomic E-state index is 12.8. The van der Waals surface area contributed by atoms with E-state index in [1.54, 1.807) is 6.07 Å². The number of nitrogens with zero attached hydrogens (tertiary/aromatic N) is 1. The summed E-state index contributed by atoms with van der Waals surface area (Å²) in [6, 6.07) is 4.45. The van der Waals surface area contributed by atoms with Gasteiger partial charge in [-0.15, -0.1) is 0 Å². The molecule has 0 saturated carbocycles. The Bertz CT molecular complexity index is 520. The molecule has 6 heteroatoms. The van der Waals surface area contributed by atoms with Crippen molar-refractivity contribution < 1.29 is 4.39 Å². The second kappa shape index (κ2) is 3.76. The van der Waals surface area contributed by atoms with Crippen LogP contribution in [0.3, 0.4) is 0 Å². The molecule has 0 atom stereocenters. The van der Waals surface area contributed by atoms with Crippen LogP contribution in [0, 0.1) is 9.77 Å². The van der Waals surface area contributed by atoms with E-state index in [9.17, 15) is 4.39 Å². The van der Waals surface area contributed by atoms with Gasteiger partial charge < -0.3 is 0 Å². The van der Waals surface area contributed by atoms with Crippen LogP contribution < -0.4 is 0 Å². The maximum Gasteiger partial charge on any atom is 0.176 e. The van der Waals surface area contributed by atoms with Gasteiger partial charge in [0, 0.05) is 5.56 Å². The first-order valence-corrected chi connectivity index (χ1v) is 5.28. The van der Waals surface area contributed by atoms with Crippen LogP contribution in [0.4, 0.5) is 4.39 Å². The van der Waals surface area contributed by atoms with Crippen molar-refractivity contribution in [1.29, 1.82) is 0 Å². The van der Waals surface area contributed by atoms with Crippen LogP contribution in [0.5, 0.6) is 0 Å². The minimum Gasteiger partial charge on any atom is -0.258 e. The molecule has 0 saturated heterocycles.